The number of nitrogens with one attached hydrogen (secondary N) is 1. The second kappa shape index (κ2) is 9.33. The van der Waals surface area contributed by atoms with Crippen molar-refractivity contribution in [1.82, 2.24) is 20.2 Å². The number of ether oxygens (including phenoxy) is 1. The highest BCUT2D eigenvalue weighted by molar-refractivity contribution is 5.92. The van der Waals surface area contributed by atoms with Crippen LogP contribution in [-0.2, 0) is 11.3 Å². The molecule has 3 saturated heterocycles. The minimum atomic E-state index is 0.720. The third-order valence-corrected chi connectivity index (χ3v) is 7.40. The van der Waals surface area contributed by atoms with E-state index in [1.807, 2.05) is 24.3 Å². The van der Waals surface area contributed by atoms with Crippen molar-refractivity contribution in [3.63, 3.8) is 0 Å². The molecule has 2 atom stereocenters. The van der Waals surface area contributed by atoms with E-state index in [9.17, 15) is 0 Å². The van der Waals surface area contributed by atoms with E-state index >= 15 is 0 Å². The van der Waals surface area contributed by atoms with E-state index in [1.165, 1.54) is 18.7 Å². The van der Waals surface area contributed by atoms with Crippen LogP contribution in [0.15, 0.2) is 48.7 Å². The molecule has 3 aliphatic heterocycles. The lowest BCUT2D eigenvalue weighted by Crippen LogP contribution is -2.37. The molecule has 0 radical (unpaired) electrons. The molecular weight excluding hydrogens is 424 g/mol. The fraction of sp³-hybridized carbons (Fsp3) is 0.407. The fourth-order valence-electron chi connectivity index (χ4n) is 5.68. The summed E-state index contributed by atoms with van der Waals surface area (Å²) >= 11 is 0. The van der Waals surface area contributed by atoms with E-state index in [0.717, 1.165) is 91.4 Å². The molecule has 2 aromatic carbocycles. The van der Waals surface area contributed by atoms with Crippen molar-refractivity contribution in [1.29, 1.82) is 0 Å². The van der Waals surface area contributed by atoms with Crippen molar-refractivity contribution in [2.24, 2.45) is 17.6 Å². The first-order valence-corrected chi connectivity index (χ1v) is 12.3. The van der Waals surface area contributed by atoms with Gasteiger partial charge in [-0.05, 0) is 60.5 Å². The number of fused-ring (bicyclic) bond motifs is 2. The number of likely N-dealkylation sites (tertiary alicyclic amines) is 1. The zero-order valence-corrected chi connectivity index (χ0v) is 19.5. The number of aromatic nitrogens is 2. The second-order valence-corrected chi connectivity index (χ2v) is 9.64. The summed E-state index contributed by atoms with van der Waals surface area (Å²) in [7, 11) is 0. The molecule has 3 fully saturated rings. The van der Waals surface area contributed by atoms with Crippen LogP contribution in [0.5, 0.6) is 0 Å². The van der Waals surface area contributed by atoms with Crippen molar-refractivity contribution in [2.45, 2.75) is 6.54 Å². The molecule has 2 unspecified atom stereocenters. The summed E-state index contributed by atoms with van der Waals surface area (Å²) in [6, 6.07) is 14.9. The summed E-state index contributed by atoms with van der Waals surface area (Å²) in [6.45, 7) is 8.80. The Balaban J connectivity index is 1.39. The monoisotopic (exact) mass is 456 g/mol. The summed E-state index contributed by atoms with van der Waals surface area (Å²) < 4.78 is 5.63. The lowest BCUT2D eigenvalue weighted by molar-refractivity contribution is 0.122. The quantitative estimate of drug-likeness (QED) is 0.611. The van der Waals surface area contributed by atoms with Gasteiger partial charge in [0, 0.05) is 43.7 Å². The van der Waals surface area contributed by atoms with Gasteiger partial charge in [0.1, 0.15) is 5.82 Å². The smallest absolute Gasteiger partial charge is 0.162 e. The fourth-order valence-corrected chi connectivity index (χ4v) is 5.68. The molecule has 3 aromatic rings. The van der Waals surface area contributed by atoms with Crippen LogP contribution >= 0.6 is 0 Å². The predicted octanol–water partition coefficient (Wildman–Crippen LogP) is 2.71. The molecule has 0 saturated carbocycles. The normalized spacial score (nSPS) is 23.2. The van der Waals surface area contributed by atoms with Crippen molar-refractivity contribution >= 4 is 22.8 Å². The highest BCUT2D eigenvalue weighted by Crippen LogP contribution is 2.32. The van der Waals surface area contributed by atoms with Gasteiger partial charge in [-0.25, -0.2) is 9.97 Å². The number of hydrogen-bond donors (Lipinski definition) is 2. The lowest BCUT2D eigenvalue weighted by Gasteiger charge is -2.29. The molecular formula is C27H32N6O. The number of benzene rings is 2. The van der Waals surface area contributed by atoms with E-state index in [1.54, 1.807) is 6.20 Å². The lowest BCUT2D eigenvalue weighted by atomic mass is 10.0. The Hall–Kier alpha value is -3.00. The number of nitrogens with zero attached hydrogens (tertiary/aromatic N) is 4. The molecule has 3 aliphatic rings. The van der Waals surface area contributed by atoms with Gasteiger partial charge >= 0.3 is 0 Å². The van der Waals surface area contributed by atoms with Gasteiger partial charge in [0.25, 0.3) is 0 Å². The van der Waals surface area contributed by atoms with Gasteiger partial charge in [-0.2, -0.15) is 0 Å². The van der Waals surface area contributed by atoms with E-state index in [2.05, 4.69) is 39.4 Å². The number of hydrogen-bond acceptors (Lipinski definition) is 7. The SMILES string of the molecule is N/C=C\c1ccccc1-c1nc(N2CCOCC2)c2cc(CN3CC4CNCC4C3)ccc2n1. The standard InChI is InChI=1S/C27H32N6O/c28-8-7-20-3-1-2-4-23(20)26-30-25-6-5-19(16-32-17-21-14-29-15-22(21)18-32)13-24(25)27(31-26)33-9-11-34-12-10-33/h1-8,13,21-22,29H,9-12,14-18,28H2/b8-7-. The van der Waals surface area contributed by atoms with Gasteiger partial charge in [0.2, 0.25) is 0 Å². The molecule has 0 amide bonds. The molecule has 7 nitrogen and oxygen atoms in total. The summed E-state index contributed by atoms with van der Waals surface area (Å²) in [5.41, 5.74) is 10.0. The number of anilines is 1. The maximum atomic E-state index is 5.71. The van der Waals surface area contributed by atoms with E-state index in [0.29, 0.717) is 0 Å². The Bertz CT molecular complexity index is 1190. The van der Waals surface area contributed by atoms with Crippen molar-refractivity contribution in [2.75, 3.05) is 57.4 Å². The minimum absolute atomic E-state index is 0.720. The zero-order chi connectivity index (χ0) is 22.9. The van der Waals surface area contributed by atoms with E-state index in [4.69, 9.17) is 20.4 Å². The summed E-state index contributed by atoms with van der Waals surface area (Å²) in [6.07, 6.45) is 3.47. The molecule has 7 heteroatoms. The second-order valence-electron chi connectivity index (χ2n) is 9.64. The first kappa shape index (κ1) is 21.5. The van der Waals surface area contributed by atoms with Gasteiger partial charge in [-0.15, -0.1) is 0 Å². The minimum Gasteiger partial charge on any atom is -0.405 e. The summed E-state index contributed by atoms with van der Waals surface area (Å²) in [4.78, 5) is 15.1. The predicted molar refractivity (Wildman–Crippen MR) is 136 cm³/mol. The van der Waals surface area contributed by atoms with Gasteiger partial charge in [-0.3, -0.25) is 4.90 Å². The number of morpholine rings is 1. The van der Waals surface area contributed by atoms with Crippen molar-refractivity contribution in [3.8, 4) is 11.4 Å². The molecule has 6 rings (SSSR count). The topological polar surface area (TPSA) is 79.5 Å². The highest BCUT2D eigenvalue weighted by Gasteiger charge is 2.35. The van der Waals surface area contributed by atoms with Crippen molar-refractivity contribution < 1.29 is 4.74 Å². The largest absolute Gasteiger partial charge is 0.405 e. The van der Waals surface area contributed by atoms with Crippen LogP contribution in [0.3, 0.4) is 0 Å². The first-order chi connectivity index (χ1) is 16.8. The van der Waals surface area contributed by atoms with Crippen LogP contribution in [0.1, 0.15) is 11.1 Å². The third-order valence-electron chi connectivity index (χ3n) is 7.40. The molecule has 0 spiro atoms. The average Bonchev–Trinajstić information content (AvgIpc) is 3.46. The Morgan fingerprint density at radius 1 is 1.03 bits per heavy atom. The average molecular weight is 457 g/mol. The number of rotatable bonds is 5. The van der Waals surface area contributed by atoms with Gasteiger partial charge in [-0.1, -0.05) is 30.3 Å². The van der Waals surface area contributed by atoms with Crippen molar-refractivity contribution in [3.05, 3.63) is 59.8 Å². The van der Waals surface area contributed by atoms with Crippen LogP contribution in [0.4, 0.5) is 5.82 Å². The number of nitrogens with two attached hydrogens (primary N) is 1. The summed E-state index contributed by atoms with van der Waals surface area (Å²) in [5, 5.41) is 4.66. The van der Waals surface area contributed by atoms with Crippen LogP contribution < -0.4 is 16.0 Å². The van der Waals surface area contributed by atoms with Gasteiger partial charge in [0.05, 0.1) is 18.7 Å². The molecule has 4 heterocycles. The van der Waals surface area contributed by atoms with Crippen LogP contribution in [0.2, 0.25) is 0 Å². The van der Waals surface area contributed by atoms with Gasteiger partial charge in [0.15, 0.2) is 5.82 Å². The maximum Gasteiger partial charge on any atom is 0.162 e. The molecule has 34 heavy (non-hydrogen) atoms. The van der Waals surface area contributed by atoms with E-state index < -0.39 is 0 Å². The third kappa shape index (κ3) is 4.15. The molecule has 0 aliphatic carbocycles. The highest BCUT2D eigenvalue weighted by atomic mass is 16.5. The molecule has 1 aromatic heterocycles. The molecule has 3 N–H and O–H groups in total. The summed E-state index contributed by atoms with van der Waals surface area (Å²) in [5.74, 6) is 3.34. The zero-order valence-electron chi connectivity index (χ0n) is 19.5. The Labute approximate surface area is 200 Å². The Kier molecular flexibility index (Phi) is 5.91. The molecule has 176 valence electrons. The first-order valence-electron chi connectivity index (χ1n) is 12.3. The molecule has 0 bridgehead atoms. The van der Waals surface area contributed by atoms with Crippen LogP contribution in [0, 0.1) is 11.8 Å². The van der Waals surface area contributed by atoms with Crippen LogP contribution in [0.25, 0.3) is 28.4 Å². The van der Waals surface area contributed by atoms with Crippen LogP contribution in [-0.4, -0.2) is 67.4 Å². The maximum absolute atomic E-state index is 5.71. The Morgan fingerprint density at radius 3 is 2.62 bits per heavy atom. The Morgan fingerprint density at radius 2 is 1.82 bits per heavy atom. The van der Waals surface area contributed by atoms with Gasteiger partial charge < -0.3 is 20.7 Å². The van der Waals surface area contributed by atoms with E-state index in [-0.39, 0.29) is 0 Å².